The Morgan fingerprint density at radius 3 is 2.24 bits per heavy atom. The Morgan fingerprint density at radius 1 is 0.879 bits per heavy atom. The van der Waals surface area contributed by atoms with E-state index in [0.717, 1.165) is 18.4 Å². The third kappa shape index (κ3) is 5.32. The maximum absolute atomic E-state index is 13.1. The molecule has 3 amide bonds. The summed E-state index contributed by atoms with van der Waals surface area (Å²) in [4.78, 5) is 43.7. The summed E-state index contributed by atoms with van der Waals surface area (Å²) < 4.78 is 13.1. The van der Waals surface area contributed by atoms with Gasteiger partial charge in [-0.1, -0.05) is 24.3 Å². The molecule has 2 aromatic carbocycles. The number of phenolic OH excluding ortho intramolecular Hbond substituents is 1. The average molecular weight is 454 g/mol. The van der Waals surface area contributed by atoms with Gasteiger partial charge in [0.25, 0.3) is 5.91 Å². The fourth-order valence-electron chi connectivity index (χ4n) is 4.51. The summed E-state index contributed by atoms with van der Waals surface area (Å²) in [6.45, 7) is 2.66. The number of para-hydroxylation sites is 1. The highest BCUT2D eigenvalue weighted by atomic mass is 19.1. The van der Waals surface area contributed by atoms with Crippen LogP contribution in [0, 0.1) is 11.7 Å². The lowest BCUT2D eigenvalue weighted by Gasteiger charge is -2.39. The number of piperazine rings is 1. The molecule has 0 aromatic heterocycles. The topological polar surface area (TPSA) is 81.2 Å². The van der Waals surface area contributed by atoms with E-state index in [2.05, 4.69) is 0 Å². The minimum absolute atomic E-state index is 0.0175. The van der Waals surface area contributed by atoms with Crippen molar-refractivity contribution in [2.45, 2.75) is 19.3 Å². The minimum Gasteiger partial charge on any atom is -0.507 e. The van der Waals surface area contributed by atoms with Crippen LogP contribution in [0.2, 0.25) is 0 Å². The van der Waals surface area contributed by atoms with Gasteiger partial charge in [-0.2, -0.15) is 0 Å². The smallest absolute Gasteiger partial charge is 0.257 e. The summed E-state index contributed by atoms with van der Waals surface area (Å²) in [6.07, 6.45) is 1.68. The van der Waals surface area contributed by atoms with Gasteiger partial charge >= 0.3 is 0 Å². The Bertz CT molecular complexity index is 1020. The van der Waals surface area contributed by atoms with Crippen molar-refractivity contribution in [1.82, 2.24) is 14.7 Å². The molecule has 2 heterocycles. The molecule has 174 valence electrons. The molecule has 2 saturated heterocycles. The summed E-state index contributed by atoms with van der Waals surface area (Å²) in [6, 6.07) is 12.3. The predicted molar refractivity (Wildman–Crippen MR) is 120 cm³/mol. The van der Waals surface area contributed by atoms with Crippen LogP contribution < -0.4 is 0 Å². The van der Waals surface area contributed by atoms with Crippen molar-refractivity contribution in [1.29, 1.82) is 0 Å². The molecule has 0 radical (unpaired) electrons. The number of phenols is 1. The number of carbonyl (C=O) groups excluding carboxylic acids is 3. The Labute approximate surface area is 192 Å². The fourth-order valence-corrected chi connectivity index (χ4v) is 4.51. The van der Waals surface area contributed by atoms with E-state index in [-0.39, 0.29) is 47.2 Å². The van der Waals surface area contributed by atoms with Crippen molar-refractivity contribution in [2.75, 3.05) is 39.3 Å². The molecule has 0 aliphatic carbocycles. The molecule has 2 aliphatic rings. The number of piperidine rings is 1. The molecule has 1 N–H and O–H groups in total. The average Bonchev–Trinajstić information content (AvgIpc) is 2.85. The summed E-state index contributed by atoms with van der Waals surface area (Å²) in [5.74, 6) is -0.918. The van der Waals surface area contributed by atoms with Crippen LogP contribution in [0.25, 0.3) is 0 Å². The maximum Gasteiger partial charge on any atom is 0.257 e. The molecule has 0 saturated carbocycles. The van der Waals surface area contributed by atoms with Crippen LogP contribution in [0.1, 0.15) is 28.8 Å². The van der Waals surface area contributed by atoms with E-state index in [4.69, 9.17) is 0 Å². The van der Waals surface area contributed by atoms with Gasteiger partial charge in [-0.15, -0.1) is 0 Å². The van der Waals surface area contributed by atoms with Crippen LogP contribution in [0.4, 0.5) is 4.39 Å². The lowest BCUT2D eigenvalue weighted by Crippen LogP contribution is -2.54. The van der Waals surface area contributed by atoms with Gasteiger partial charge in [0, 0.05) is 39.3 Å². The van der Waals surface area contributed by atoms with Gasteiger partial charge in [-0.3, -0.25) is 14.4 Å². The Hall–Kier alpha value is -3.42. The first-order valence-electron chi connectivity index (χ1n) is 11.3. The molecule has 0 bridgehead atoms. The highest BCUT2D eigenvalue weighted by Crippen LogP contribution is 2.22. The number of halogens is 1. The minimum atomic E-state index is -0.336. The SMILES string of the molecule is O=C(Cc1ccc(F)cc1)N1CCCC(C(=O)N2CCN(C(=O)c3ccccc3O)CC2)C1. The molecule has 2 aliphatic heterocycles. The van der Waals surface area contributed by atoms with E-state index >= 15 is 0 Å². The molecule has 2 fully saturated rings. The second-order valence-electron chi connectivity index (χ2n) is 8.62. The number of rotatable bonds is 4. The zero-order valence-corrected chi connectivity index (χ0v) is 18.5. The molecular weight excluding hydrogens is 425 g/mol. The zero-order valence-electron chi connectivity index (χ0n) is 18.5. The van der Waals surface area contributed by atoms with Crippen molar-refractivity contribution in [2.24, 2.45) is 5.92 Å². The normalized spacial score (nSPS) is 18.8. The number of likely N-dealkylation sites (tertiary alicyclic amines) is 1. The van der Waals surface area contributed by atoms with Crippen LogP contribution in [0.5, 0.6) is 5.75 Å². The monoisotopic (exact) mass is 453 g/mol. The molecule has 7 nitrogen and oxygen atoms in total. The first kappa shape index (κ1) is 22.8. The quantitative estimate of drug-likeness (QED) is 0.770. The predicted octanol–water partition coefficient (Wildman–Crippen LogP) is 2.30. The van der Waals surface area contributed by atoms with Crippen LogP contribution >= 0.6 is 0 Å². The highest BCUT2D eigenvalue weighted by molar-refractivity contribution is 5.97. The first-order valence-corrected chi connectivity index (χ1v) is 11.3. The van der Waals surface area contributed by atoms with Gasteiger partial charge < -0.3 is 19.8 Å². The number of hydrogen-bond donors (Lipinski definition) is 1. The Balaban J connectivity index is 1.30. The van der Waals surface area contributed by atoms with Gasteiger partial charge in [-0.25, -0.2) is 4.39 Å². The van der Waals surface area contributed by atoms with Gasteiger partial charge in [0.15, 0.2) is 0 Å². The van der Waals surface area contributed by atoms with Gasteiger partial charge in [0.05, 0.1) is 17.9 Å². The molecule has 8 heteroatoms. The van der Waals surface area contributed by atoms with Crippen LogP contribution in [0.3, 0.4) is 0 Å². The zero-order chi connectivity index (χ0) is 23.4. The summed E-state index contributed by atoms with van der Waals surface area (Å²) >= 11 is 0. The second-order valence-corrected chi connectivity index (χ2v) is 8.62. The number of nitrogens with zero attached hydrogens (tertiary/aromatic N) is 3. The van der Waals surface area contributed by atoms with Crippen molar-refractivity contribution >= 4 is 17.7 Å². The largest absolute Gasteiger partial charge is 0.507 e. The van der Waals surface area contributed by atoms with Gasteiger partial charge in [0.2, 0.25) is 11.8 Å². The molecule has 1 unspecified atom stereocenters. The second kappa shape index (κ2) is 10.0. The van der Waals surface area contributed by atoms with E-state index in [1.807, 2.05) is 0 Å². The van der Waals surface area contributed by atoms with E-state index in [0.29, 0.717) is 39.3 Å². The number of carbonyl (C=O) groups is 3. The summed E-state index contributed by atoms with van der Waals surface area (Å²) in [7, 11) is 0. The van der Waals surface area contributed by atoms with Crippen molar-refractivity contribution in [3.63, 3.8) is 0 Å². The molecule has 4 rings (SSSR count). The number of hydrogen-bond acceptors (Lipinski definition) is 4. The summed E-state index contributed by atoms with van der Waals surface area (Å²) in [5.41, 5.74) is 1.01. The number of amides is 3. The molecule has 1 atom stereocenters. The number of aromatic hydroxyl groups is 1. The van der Waals surface area contributed by atoms with Crippen molar-refractivity contribution in [3.8, 4) is 5.75 Å². The Morgan fingerprint density at radius 2 is 1.55 bits per heavy atom. The van der Waals surface area contributed by atoms with E-state index < -0.39 is 0 Å². The molecule has 2 aromatic rings. The van der Waals surface area contributed by atoms with E-state index in [1.54, 1.807) is 45.0 Å². The molecule has 0 spiro atoms. The molecule has 33 heavy (non-hydrogen) atoms. The summed E-state index contributed by atoms with van der Waals surface area (Å²) in [5, 5.41) is 9.94. The van der Waals surface area contributed by atoms with Crippen LogP contribution in [-0.4, -0.2) is 76.8 Å². The first-order chi connectivity index (χ1) is 15.9. The Kier molecular flexibility index (Phi) is 6.91. The standard InChI is InChI=1S/C25H28FN3O4/c26-20-9-7-18(8-10-20)16-23(31)29-11-3-4-19(17-29)24(32)27-12-14-28(15-13-27)25(33)21-5-1-2-6-22(21)30/h1-2,5-10,19,30H,3-4,11-17H2. The maximum atomic E-state index is 13.1. The van der Waals surface area contributed by atoms with Crippen LogP contribution in [-0.2, 0) is 16.0 Å². The van der Waals surface area contributed by atoms with E-state index in [1.165, 1.54) is 18.2 Å². The number of benzene rings is 2. The molecular formula is C25H28FN3O4. The lowest BCUT2D eigenvalue weighted by atomic mass is 9.95. The van der Waals surface area contributed by atoms with Gasteiger partial charge in [-0.05, 0) is 42.7 Å². The highest BCUT2D eigenvalue weighted by Gasteiger charge is 2.33. The van der Waals surface area contributed by atoms with Gasteiger partial charge in [0.1, 0.15) is 11.6 Å². The van der Waals surface area contributed by atoms with Crippen molar-refractivity contribution < 1.29 is 23.9 Å². The third-order valence-electron chi connectivity index (χ3n) is 6.40. The van der Waals surface area contributed by atoms with Crippen LogP contribution in [0.15, 0.2) is 48.5 Å². The fraction of sp³-hybridized carbons (Fsp3) is 0.400. The third-order valence-corrected chi connectivity index (χ3v) is 6.40. The lowest BCUT2D eigenvalue weighted by molar-refractivity contribution is -0.141. The van der Waals surface area contributed by atoms with E-state index in [9.17, 15) is 23.9 Å². The van der Waals surface area contributed by atoms with Crippen molar-refractivity contribution in [3.05, 3.63) is 65.5 Å².